The van der Waals surface area contributed by atoms with E-state index in [1.165, 1.54) is 5.56 Å². The Balaban J connectivity index is 1.67. The SMILES string of the molecule is CCNc1cccc(COCCCc2ccccc2)n1. The van der Waals surface area contributed by atoms with Crippen LogP contribution in [-0.4, -0.2) is 18.1 Å². The summed E-state index contributed by atoms with van der Waals surface area (Å²) in [5.74, 6) is 0.915. The van der Waals surface area contributed by atoms with E-state index in [1.54, 1.807) is 0 Å². The Morgan fingerprint density at radius 2 is 1.90 bits per heavy atom. The molecule has 1 aromatic carbocycles. The van der Waals surface area contributed by atoms with E-state index in [0.717, 1.165) is 37.5 Å². The number of hydrogen-bond donors (Lipinski definition) is 1. The zero-order valence-corrected chi connectivity index (χ0v) is 12.0. The largest absolute Gasteiger partial charge is 0.375 e. The molecule has 1 heterocycles. The highest BCUT2D eigenvalue weighted by Crippen LogP contribution is 2.07. The van der Waals surface area contributed by atoms with Crippen molar-refractivity contribution < 1.29 is 4.74 Å². The smallest absolute Gasteiger partial charge is 0.126 e. The van der Waals surface area contributed by atoms with Crippen LogP contribution in [0.4, 0.5) is 5.82 Å². The van der Waals surface area contributed by atoms with Gasteiger partial charge < -0.3 is 10.1 Å². The second kappa shape index (κ2) is 8.33. The Kier molecular flexibility index (Phi) is 6.06. The molecule has 0 aliphatic heterocycles. The van der Waals surface area contributed by atoms with Crippen molar-refractivity contribution in [2.24, 2.45) is 0 Å². The minimum atomic E-state index is 0.577. The molecule has 0 radical (unpaired) electrons. The van der Waals surface area contributed by atoms with Crippen LogP contribution in [0.3, 0.4) is 0 Å². The van der Waals surface area contributed by atoms with Crippen molar-refractivity contribution in [1.29, 1.82) is 0 Å². The number of nitrogens with zero attached hydrogens (tertiary/aromatic N) is 1. The minimum Gasteiger partial charge on any atom is -0.375 e. The van der Waals surface area contributed by atoms with Crippen molar-refractivity contribution in [3.8, 4) is 0 Å². The first-order valence-electron chi connectivity index (χ1n) is 7.20. The molecule has 0 saturated heterocycles. The van der Waals surface area contributed by atoms with Gasteiger partial charge in [-0.3, -0.25) is 0 Å². The lowest BCUT2D eigenvalue weighted by atomic mass is 10.1. The Morgan fingerprint density at radius 3 is 2.70 bits per heavy atom. The number of aryl methyl sites for hydroxylation is 1. The molecule has 0 spiro atoms. The van der Waals surface area contributed by atoms with Gasteiger partial charge in [0.2, 0.25) is 0 Å². The molecule has 20 heavy (non-hydrogen) atoms. The number of pyridine rings is 1. The van der Waals surface area contributed by atoms with Crippen LogP contribution >= 0.6 is 0 Å². The van der Waals surface area contributed by atoms with Gasteiger partial charge in [-0.25, -0.2) is 4.98 Å². The Morgan fingerprint density at radius 1 is 1.05 bits per heavy atom. The van der Waals surface area contributed by atoms with Crippen molar-refractivity contribution in [3.63, 3.8) is 0 Å². The van der Waals surface area contributed by atoms with Crippen molar-refractivity contribution in [1.82, 2.24) is 4.98 Å². The Bertz CT molecular complexity index is 499. The summed E-state index contributed by atoms with van der Waals surface area (Å²) in [5.41, 5.74) is 2.34. The highest BCUT2D eigenvalue weighted by Gasteiger charge is 1.98. The third-order valence-corrected chi connectivity index (χ3v) is 3.01. The first-order chi connectivity index (χ1) is 9.88. The number of anilines is 1. The first-order valence-corrected chi connectivity index (χ1v) is 7.20. The van der Waals surface area contributed by atoms with Crippen LogP contribution in [0.5, 0.6) is 0 Å². The summed E-state index contributed by atoms with van der Waals surface area (Å²) >= 11 is 0. The average Bonchev–Trinajstić information content (AvgIpc) is 2.49. The van der Waals surface area contributed by atoms with Gasteiger partial charge in [-0.2, -0.15) is 0 Å². The van der Waals surface area contributed by atoms with Crippen molar-refractivity contribution in [2.45, 2.75) is 26.4 Å². The fraction of sp³-hybridized carbons (Fsp3) is 0.353. The molecular weight excluding hydrogens is 248 g/mol. The highest BCUT2D eigenvalue weighted by molar-refractivity contribution is 5.34. The maximum absolute atomic E-state index is 5.68. The van der Waals surface area contributed by atoms with Crippen LogP contribution in [0.1, 0.15) is 24.6 Å². The summed E-state index contributed by atoms with van der Waals surface area (Å²) in [4.78, 5) is 4.48. The van der Waals surface area contributed by atoms with Crippen LogP contribution in [0.15, 0.2) is 48.5 Å². The topological polar surface area (TPSA) is 34.1 Å². The predicted molar refractivity (Wildman–Crippen MR) is 82.8 cm³/mol. The van der Waals surface area contributed by atoms with Gasteiger partial charge in [-0.1, -0.05) is 36.4 Å². The van der Waals surface area contributed by atoms with E-state index in [-0.39, 0.29) is 0 Å². The zero-order valence-electron chi connectivity index (χ0n) is 12.0. The van der Waals surface area contributed by atoms with Gasteiger partial charge in [0.05, 0.1) is 12.3 Å². The highest BCUT2D eigenvalue weighted by atomic mass is 16.5. The summed E-state index contributed by atoms with van der Waals surface area (Å²) in [7, 11) is 0. The van der Waals surface area contributed by atoms with E-state index in [1.807, 2.05) is 24.3 Å². The van der Waals surface area contributed by atoms with E-state index >= 15 is 0 Å². The van der Waals surface area contributed by atoms with Crippen molar-refractivity contribution in [2.75, 3.05) is 18.5 Å². The fourth-order valence-electron chi connectivity index (χ4n) is 2.04. The molecule has 2 rings (SSSR count). The maximum atomic E-state index is 5.68. The van der Waals surface area contributed by atoms with Crippen molar-refractivity contribution in [3.05, 3.63) is 59.8 Å². The summed E-state index contributed by atoms with van der Waals surface area (Å²) in [6, 6.07) is 16.5. The molecule has 0 amide bonds. The first kappa shape index (κ1) is 14.5. The van der Waals surface area contributed by atoms with E-state index in [9.17, 15) is 0 Å². The van der Waals surface area contributed by atoms with Gasteiger partial charge >= 0.3 is 0 Å². The van der Waals surface area contributed by atoms with Crippen LogP contribution < -0.4 is 5.32 Å². The third kappa shape index (κ3) is 5.02. The molecule has 0 aliphatic rings. The number of aromatic nitrogens is 1. The number of benzene rings is 1. The van der Waals surface area contributed by atoms with Gasteiger partial charge in [0.25, 0.3) is 0 Å². The fourth-order valence-corrected chi connectivity index (χ4v) is 2.04. The van der Waals surface area contributed by atoms with Crippen molar-refractivity contribution >= 4 is 5.82 Å². The lowest BCUT2D eigenvalue weighted by molar-refractivity contribution is 0.116. The molecule has 3 heteroatoms. The zero-order chi connectivity index (χ0) is 14.0. The Labute approximate surface area is 121 Å². The third-order valence-electron chi connectivity index (χ3n) is 3.01. The average molecular weight is 270 g/mol. The van der Waals surface area contributed by atoms with Crippen LogP contribution in [0.2, 0.25) is 0 Å². The molecule has 1 N–H and O–H groups in total. The van der Waals surface area contributed by atoms with Crippen LogP contribution in [0, 0.1) is 0 Å². The van der Waals surface area contributed by atoms with E-state index < -0.39 is 0 Å². The second-order valence-corrected chi connectivity index (χ2v) is 4.69. The maximum Gasteiger partial charge on any atom is 0.126 e. The quantitative estimate of drug-likeness (QED) is 0.743. The normalized spacial score (nSPS) is 10.4. The van der Waals surface area contributed by atoms with Gasteiger partial charge in [0.1, 0.15) is 5.82 Å². The summed E-state index contributed by atoms with van der Waals surface area (Å²) in [6.07, 6.45) is 2.10. The molecule has 3 nitrogen and oxygen atoms in total. The molecule has 0 saturated carbocycles. The standard InChI is InChI=1S/C17H22N2O/c1-2-18-17-12-6-11-16(19-17)14-20-13-7-10-15-8-4-3-5-9-15/h3-6,8-9,11-12H,2,7,10,13-14H2,1H3,(H,18,19). The number of hydrogen-bond acceptors (Lipinski definition) is 3. The van der Waals surface area contributed by atoms with Gasteiger partial charge in [-0.05, 0) is 37.5 Å². The van der Waals surface area contributed by atoms with E-state index in [2.05, 4.69) is 41.5 Å². The number of rotatable bonds is 8. The van der Waals surface area contributed by atoms with Crippen LogP contribution in [0.25, 0.3) is 0 Å². The Hall–Kier alpha value is -1.87. The molecule has 106 valence electrons. The molecule has 0 aliphatic carbocycles. The van der Waals surface area contributed by atoms with Crippen LogP contribution in [-0.2, 0) is 17.8 Å². The summed E-state index contributed by atoms with van der Waals surface area (Å²) in [5, 5.41) is 3.20. The molecule has 0 fully saturated rings. The minimum absolute atomic E-state index is 0.577. The second-order valence-electron chi connectivity index (χ2n) is 4.69. The number of nitrogens with one attached hydrogen (secondary N) is 1. The lowest BCUT2D eigenvalue weighted by Crippen LogP contribution is -2.03. The van der Waals surface area contributed by atoms with Gasteiger partial charge in [0, 0.05) is 13.2 Å². The monoisotopic (exact) mass is 270 g/mol. The van der Waals surface area contributed by atoms with Gasteiger partial charge in [-0.15, -0.1) is 0 Å². The van der Waals surface area contributed by atoms with E-state index in [0.29, 0.717) is 6.61 Å². The molecule has 0 unspecified atom stereocenters. The number of ether oxygens (including phenoxy) is 1. The summed E-state index contributed by atoms with van der Waals surface area (Å²) in [6.45, 7) is 4.29. The molecule has 1 aromatic heterocycles. The predicted octanol–water partition coefficient (Wildman–Crippen LogP) is 3.66. The molecule has 0 bridgehead atoms. The lowest BCUT2D eigenvalue weighted by Gasteiger charge is -2.06. The van der Waals surface area contributed by atoms with Gasteiger partial charge in [0.15, 0.2) is 0 Å². The van der Waals surface area contributed by atoms with E-state index in [4.69, 9.17) is 4.74 Å². The molecule has 0 atom stereocenters. The molecular formula is C17H22N2O. The molecule has 2 aromatic rings. The summed E-state index contributed by atoms with van der Waals surface area (Å²) < 4.78 is 5.68.